The van der Waals surface area contributed by atoms with Crippen molar-refractivity contribution in [3.8, 4) is 0 Å². The Kier molecular flexibility index (Phi) is 3.17. The molecule has 4 rings (SSSR count). The molecule has 2 aliphatic heterocycles. The maximum Gasteiger partial charge on any atom is 0.277 e. The zero-order chi connectivity index (χ0) is 16.0. The summed E-state index contributed by atoms with van der Waals surface area (Å²) in [7, 11) is 0. The van der Waals surface area contributed by atoms with Gasteiger partial charge < -0.3 is 9.80 Å². The first kappa shape index (κ1) is 14.0. The maximum atomic E-state index is 11.2. The SMILES string of the molecule is O=C(NO)c1cnc(N2CC3=C2CN3c2ccc(Cl)cc2)nc1. The van der Waals surface area contributed by atoms with Gasteiger partial charge in [-0.3, -0.25) is 10.0 Å². The van der Waals surface area contributed by atoms with Crippen molar-refractivity contribution in [1.29, 1.82) is 0 Å². The zero-order valence-electron chi connectivity index (χ0n) is 11.9. The van der Waals surface area contributed by atoms with Crippen LogP contribution < -0.4 is 15.3 Å². The van der Waals surface area contributed by atoms with Crippen LogP contribution in [-0.2, 0) is 0 Å². The normalized spacial score (nSPS) is 15.7. The molecule has 1 aromatic heterocycles. The van der Waals surface area contributed by atoms with Crippen molar-refractivity contribution in [2.24, 2.45) is 0 Å². The highest BCUT2D eigenvalue weighted by atomic mass is 35.5. The van der Waals surface area contributed by atoms with Crippen LogP contribution in [0.5, 0.6) is 0 Å². The molecule has 2 aliphatic rings. The van der Waals surface area contributed by atoms with Crippen LogP contribution >= 0.6 is 11.6 Å². The first-order valence-corrected chi connectivity index (χ1v) is 7.34. The molecule has 0 bridgehead atoms. The first-order chi connectivity index (χ1) is 11.2. The summed E-state index contributed by atoms with van der Waals surface area (Å²) in [4.78, 5) is 23.8. The second-order valence-corrected chi connectivity index (χ2v) is 5.69. The smallest absolute Gasteiger partial charge is 0.277 e. The predicted octanol–water partition coefficient (Wildman–Crippen LogP) is 1.80. The second-order valence-electron chi connectivity index (χ2n) is 5.25. The molecular formula is C15H12ClN5O2. The standard InChI is InChI=1S/C15H12ClN5O2/c16-10-1-3-11(4-2-10)20-7-13-12(20)8-21(13)15-17-5-9(6-18-15)14(22)19-23/h1-6,23H,7-8H2,(H,19,22). The number of hydroxylamine groups is 1. The fraction of sp³-hybridized carbons (Fsp3) is 0.133. The van der Waals surface area contributed by atoms with E-state index < -0.39 is 5.91 Å². The maximum absolute atomic E-state index is 11.2. The molecule has 1 amide bonds. The largest absolute Gasteiger partial charge is 0.336 e. The molecule has 0 saturated heterocycles. The van der Waals surface area contributed by atoms with Crippen molar-refractivity contribution in [1.82, 2.24) is 15.4 Å². The molecule has 0 unspecified atom stereocenters. The summed E-state index contributed by atoms with van der Waals surface area (Å²) in [5.74, 6) is -0.0772. The summed E-state index contributed by atoms with van der Waals surface area (Å²) in [6.07, 6.45) is 2.78. The van der Waals surface area contributed by atoms with Gasteiger partial charge in [0.05, 0.1) is 30.0 Å². The van der Waals surface area contributed by atoms with Crippen LogP contribution in [0.3, 0.4) is 0 Å². The number of amides is 1. The van der Waals surface area contributed by atoms with Gasteiger partial charge in [-0.25, -0.2) is 15.4 Å². The second kappa shape index (κ2) is 5.22. The Bertz CT molecular complexity index is 804. The number of hydrogen-bond acceptors (Lipinski definition) is 6. The minimum absolute atomic E-state index is 0.211. The Balaban J connectivity index is 1.49. The Morgan fingerprint density at radius 3 is 2.26 bits per heavy atom. The lowest BCUT2D eigenvalue weighted by Crippen LogP contribution is -2.56. The van der Waals surface area contributed by atoms with Crippen LogP contribution in [0.15, 0.2) is 48.1 Å². The molecule has 23 heavy (non-hydrogen) atoms. The lowest BCUT2D eigenvalue weighted by Gasteiger charge is -2.51. The van der Waals surface area contributed by atoms with Gasteiger partial charge in [-0.1, -0.05) is 11.6 Å². The van der Waals surface area contributed by atoms with Crippen LogP contribution in [0, 0.1) is 0 Å². The van der Waals surface area contributed by atoms with Gasteiger partial charge in [0.1, 0.15) is 0 Å². The number of carbonyl (C=O) groups is 1. The fourth-order valence-electron chi connectivity index (χ4n) is 2.67. The van der Waals surface area contributed by atoms with Crippen molar-refractivity contribution >= 4 is 29.1 Å². The summed E-state index contributed by atoms with van der Waals surface area (Å²) in [5.41, 5.74) is 5.30. The molecule has 3 heterocycles. The minimum atomic E-state index is -0.627. The Morgan fingerprint density at radius 2 is 1.70 bits per heavy atom. The van der Waals surface area contributed by atoms with E-state index in [1.807, 2.05) is 29.2 Å². The monoisotopic (exact) mass is 329 g/mol. The van der Waals surface area contributed by atoms with E-state index in [9.17, 15) is 4.79 Å². The number of carbonyl (C=O) groups excluding carboxylic acids is 1. The van der Waals surface area contributed by atoms with Gasteiger partial charge in [0, 0.05) is 23.1 Å². The predicted molar refractivity (Wildman–Crippen MR) is 84.5 cm³/mol. The zero-order valence-corrected chi connectivity index (χ0v) is 12.7. The van der Waals surface area contributed by atoms with Gasteiger partial charge in [-0.2, -0.15) is 0 Å². The number of rotatable bonds is 3. The number of halogens is 1. The van der Waals surface area contributed by atoms with Crippen molar-refractivity contribution in [2.45, 2.75) is 0 Å². The highest BCUT2D eigenvalue weighted by Crippen LogP contribution is 2.41. The quantitative estimate of drug-likeness (QED) is 0.660. The number of piperazine rings is 1. The summed E-state index contributed by atoms with van der Waals surface area (Å²) in [5, 5.41) is 9.30. The molecular weight excluding hydrogens is 318 g/mol. The van der Waals surface area contributed by atoms with Crippen molar-refractivity contribution < 1.29 is 10.0 Å². The highest BCUT2D eigenvalue weighted by Gasteiger charge is 2.41. The van der Waals surface area contributed by atoms with Crippen LogP contribution in [0.2, 0.25) is 5.02 Å². The summed E-state index contributed by atoms with van der Waals surface area (Å²) >= 11 is 5.91. The molecule has 2 aromatic rings. The van der Waals surface area contributed by atoms with Crippen LogP contribution in [-0.4, -0.2) is 34.2 Å². The van der Waals surface area contributed by atoms with Crippen molar-refractivity contribution in [3.63, 3.8) is 0 Å². The Morgan fingerprint density at radius 1 is 1.09 bits per heavy atom. The Labute approximate surface area is 136 Å². The van der Waals surface area contributed by atoms with E-state index in [4.69, 9.17) is 16.8 Å². The minimum Gasteiger partial charge on any atom is -0.336 e. The molecule has 0 radical (unpaired) electrons. The van der Waals surface area contributed by atoms with Crippen molar-refractivity contribution in [2.75, 3.05) is 22.9 Å². The first-order valence-electron chi connectivity index (χ1n) is 6.96. The number of aromatic nitrogens is 2. The number of anilines is 2. The summed E-state index contributed by atoms with van der Waals surface area (Å²) in [6, 6.07) is 7.74. The third-order valence-corrected chi connectivity index (χ3v) is 4.23. The molecule has 0 saturated carbocycles. The molecule has 0 spiro atoms. The fourth-order valence-corrected chi connectivity index (χ4v) is 2.80. The van der Waals surface area contributed by atoms with E-state index in [1.54, 1.807) is 5.48 Å². The van der Waals surface area contributed by atoms with E-state index >= 15 is 0 Å². The summed E-state index contributed by atoms with van der Waals surface area (Å²) < 4.78 is 0. The topological polar surface area (TPSA) is 81.6 Å². The molecule has 1 aromatic carbocycles. The van der Waals surface area contributed by atoms with Crippen LogP contribution in [0.25, 0.3) is 0 Å². The Hall–Kier alpha value is -2.64. The lowest BCUT2D eigenvalue weighted by atomic mass is 10.00. The average molecular weight is 330 g/mol. The van der Waals surface area contributed by atoms with Gasteiger partial charge in [0.2, 0.25) is 5.95 Å². The van der Waals surface area contributed by atoms with Crippen LogP contribution in [0.4, 0.5) is 11.6 Å². The van der Waals surface area contributed by atoms with E-state index in [0.717, 1.165) is 23.8 Å². The summed E-state index contributed by atoms with van der Waals surface area (Å²) in [6.45, 7) is 1.52. The number of hydrogen-bond donors (Lipinski definition) is 2. The van der Waals surface area contributed by atoms with Crippen molar-refractivity contribution in [3.05, 3.63) is 58.6 Å². The van der Waals surface area contributed by atoms with Gasteiger partial charge in [-0.05, 0) is 24.3 Å². The molecule has 8 heteroatoms. The third kappa shape index (κ3) is 2.21. The molecule has 0 aliphatic carbocycles. The molecule has 2 N–H and O–H groups in total. The van der Waals surface area contributed by atoms with Gasteiger partial charge in [0.15, 0.2) is 0 Å². The number of benzene rings is 1. The van der Waals surface area contributed by atoms with Crippen LogP contribution in [0.1, 0.15) is 10.4 Å². The van der Waals surface area contributed by atoms with Gasteiger partial charge in [-0.15, -0.1) is 0 Å². The van der Waals surface area contributed by atoms with E-state index in [-0.39, 0.29) is 5.56 Å². The van der Waals surface area contributed by atoms with E-state index in [0.29, 0.717) is 5.95 Å². The van der Waals surface area contributed by atoms with Gasteiger partial charge in [0.25, 0.3) is 5.91 Å². The molecule has 0 fully saturated rings. The average Bonchev–Trinajstić information content (AvgIpc) is 2.57. The third-order valence-electron chi connectivity index (χ3n) is 3.98. The molecule has 7 nitrogen and oxygen atoms in total. The molecule has 116 valence electrons. The van der Waals surface area contributed by atoms with E-state index in [1.165, 1.54) is 23.8 Å². The number of nitrogens with one attached hydrogen (secondary N) is 1. The number of nitrogens with zero attached hydrogens (tertiary/aromatic N) is 4. The lowest BCUT2D eigenvalue weighted by molar-refractivity contribution is 0.0705. The highest BCUT2D eigenvalue weighted by molar-refractivity contribution is 6.30. The van der Waals surface area contributed by atoms with Gasteiger partial charge >= 0.3 is 0 Å². The van der Waals surface area contributed by atoms with E-state index in [2.05, 4.69) is 14.9 Å². The molecule has 0 atom stereocenters.